The lowest BCUT2D eigenvalue weighted by atomic mass is 10.2. The smallest absolute Gasteiger partial charge is 0.255 e. The molecular formula is C10H12N2O3S. The van der Waals surface area contributed by atoms with Crippen LogP contribution in [0.5, 0.6) is 0 Å². The van der Waals surface area contributed by atoms with Crippen LogP contribution in [-0.2, 0) is 10.8 Å². The minimum Gasteiger partial charge on any atom is -0.337 e. The molecule has 1 aromatic heterocycles. The second kappa shape index (κ2) is 4.61. The van der Waals surface area contributed by atoms with Gasteiger partial charge in [0, 0.05) is 47.7 Å². The zero-order chi connectivity index (χ0) is 11.5. The first kappa shape index (κ1) is 11.1. The van der Waals surface area contributed by atoms with Crippen LogP contribution in [0.1, 0.15) is 10.4 Å². The number of pyridine rings is 1. The van der Waals surface area contributed by atoms with Crippen LogP contribution in [0.25, 0.3) is 0 Å². The molecule has 2 rings (SSSR count). The number of carbonyl (C=O) groups is 1. The third-order valence-corrected chi connectivity index (χ3v) is 3.77. The monoisotopic (exact) mass is 240 g/mol. The molecule has 2 heterocycles. The van der Waals surface area contributed by atoms with Gasteiger partial charge in [0.25, 0.3) is 5.91 Å². The van der Waals surface area contributed by atoms with Crippen molar-refractivity contribution in [3.05, 3.63) is 34.2 Å². The van der Waals surface area contributed by atoms with Gasteiger partial charge in [-0.15, -0.1) is 0 Å². The van der Waals surface area contributed by atoms with E-state index in [9.17, 15) is 13.8 Å². The van der Waals surface area contributed by atoms with Crippen molar-refractivity contribution in [2.45, 2.75) is 0 Å². The highest BCUT2D eigenvalue weighted by molar-refractivity contribution is 7.85. The molecule has 1 aliphatic rings. The van der Waals surface area contributed by atoms with Crippen molar-refractivity contribution in [3.8, 4) is 0 Å². The van der Waals surface area contributed by atoms with Gasteiger partial charge in [0.05, 0.1) is 5.56 Å². The van der Waals surface area contributed by atoms with Crippen LogP contribution in [0.2, 0.25) is 0 Å². The van der Waals surface area contributed by atoms with E-state index in [1.54, 1.807) is 4.90 Å². The summed E-state index contributed by atoms with van der Waals surface area (Å²) in [6, 6.07) is 2.84. The summed E-state index contributed by atoms with van der Waals surface area (Å²) in [4.78, 5) is 26.9. The highest BCUT2D eigenvalue weighted by atomic mass is 32.2. The minimum atomic E-state index is -0.789. The number of aromatic nitrogens is 1. The van der Waals surface area contributed by atoms with E-state index in [2.05, 4.69) is 4.98 Å². The van der Waals surface area contributed by atoms with Crippen LogP contribution in [0.3, 0.4) is 0 Å². The summed E-state index contributed by atoms with van der Waals surface area (Å²) < 4.78 is 11.1. The summed E-state index contributed by atoms with van der Waals surface area (Å²) in [6.45, 7) is 1.04. The molecule has 16 heavy (non-hydrogen) atoms. The number of H-pyrrole nitrogens is 1. The van der Waals surface area contributed by atoms with Crippen LogP contribution in [0.15, 0.2) is 23.1 Å². The SMILES string of the molecule is O=C(c1ccc(=O)[nH]c1)N1CCS(=O)CC1. The summed E-state index contributed by atoms with van der Waals surface area (Å²) in [5, 5.41) is 0. The van der Waals surface area contributed by atoms with E-state index in [-0.39, 0.29) is 11.5 Å². The van der Waals surface area contributed by atoms with Gasteiger partial charge in [-0.05, 0) is 6.07 Å². The normalized spacial score (nSPS) is 17.4. The Bertz CT molecular complexity index is 453. The van der Waals surface area contributed by atoms with Gasteiger partial charge in [-0.1, -0.05) is 0 Å². The molecule has 0 saturated carbocycles. The second-order valence-electron chi connectivity index (χ2n) is 3.58. The van der Waals surface area contributed by atoms with Crippen LogP contribution in [-0.4, -0.2) is 44.6 Å². The molecule has 0 radical (unpaired) electrons. The molecule has 0 spiro atoms. The summed E-state index contributed by atoms with van der Waals surface area (Å²) in [6.07, 6.45) is 1.41. The molecule has 86 valence electrons. The molecule has 1 N–H and O–H groups in total. The first-order valence-corrected chi connectivity index (χ1v) is 6.48. The van der Waals surface area contributed by atoms with Gasteiger partial charge < -0.3 is 9.88 Å². The lowest BCUT2D eigenvalue weighted by Crippen LogP contribution is -2.41. The highest BCUT2D eigenvalue weighted by Gasteiger charge is 2.20. The molecule has 1 saturated heterocycles. The average molecular weight is 240 g/mol. The third-order valence-electron chi connectivity index (χ3n) is 2.50. The topological polar surface area (TPSA) is 70.2 Å². The lowest BCUT2D eigenvalue weighted by Gasteiger charge is -2.26. The molecule has 5 nitrogen and oxygen atoms in total. The van der Waals surface area contributed by atoms with E-state index in [1.165, 1.54) is 18.3 Å². The van der Waals surface area contributed by atoms with Crippen LogP contribution >= 0.6 is 0 Å². The van der Waals surface area contributed by atoms with E-state index in [1.807, 2.05) is 0 Å². The van der Waals surface area contributed by atoms with Crippen LogP contribution in [0, 0.1) is 0 Å². The predicted molar refractivity (Wildman–Crippen MR) is 60.8 cm³/mol. The zero-order valence-electron chi connectivity index (χ0n) is 8.64. The Morgan fingerprint density at radius 1 is 1.31 bits per heavy atom. The molecule has 0 unspecified atom stereocenters. The van der Waals surface area contributed by atoms with Crippen molar-refractivity contribution in [1.29, 1.82) is 0 Å². The van der Waals surface area contributed by atoms with Crippen molar-refractivity contribution >= 4 is 16.7 Å². The molecular weight excluding hydrogens is 228 g/mol. The van der Waals surface area contributed by atoms with Crippen molar-refractivity contribution in [3.63, 3.8) is 0 Å². The molecule has 6 heteroatoms. The predicted octanol–water partition coefficient (Wildman–Crippen LogP) is -0.421. The molecule has 1 aliphatic heterocycles. The van der Waals surface area contributed by atoms with Gasteiger partial charge in [0.2, 0.25) is 5.56 Å². The van der Waals surface area contributed by atoms with Gasteiger partial charge in [-0.3, -0.25) is 13.8 Å². The maximum atomic E-state index is 11.9. The molecule has 0 bridgehead atoms. The Morgan fingerprint density at radius 2 is 2.00 bits per heavy atom. The Labute approximate surface area is 94.9 Å². The number of carbonyl (C=O) groups excluding carboxylic acids is 1. The van der Waals surface area contributed by atoms with Gasteiger partial charge in [-0.25, -0.2) is 0 Å². The molecule has 0 atom stereocenters. The highest BCUT2D eigenvalue weighted by Crippen LogP contribution is 2.06. The number of rotatable bonds is 1. The van der Waals surface area contributed by atoms with E-state index >= 15 is 0 Å². The Morgan fingerprint density at radius 3 is 2.56 bits per heavy atom. The molecule has 1 fully saturated rings. The first-order valence-electron chi connectivity index (χ1n) is 5.00. The summed E-state index contributed by atoms with van der Waals surface area (Å²) in [7, 11) is -0.789. The Hall–Kier alpha value is -1.43. The van der Waals surface area contributed by atoms with Crippen molar-refractivity contribution in [2.24, 2.45) is 0 Å². The number of hydrogen-bond acceptors (Lipinski definition) is 3. The standard InChI is InChI=1S/C10H12N2O3S/c13-9-2-1-8(7-11-9)10(14)12-3-5-16(15)6-4-12/h1-2,7H,3-6H2,(H,11,13). The minimum absolute atomic E-state index is 0.118. The van der Waals surface area contributed by atoms with E-state index < -0.39 is 10.8 Å². The number of nitrogens with zero attached hydrogens (tertiary/aromatic N) is 1. The van der Waals surface area contributed by atoms with Crippen molar-refractivity contribution in [1.82, 2.24) is 9.88 Å². The fourth-order valence-electron chi connectivity index (χ4n) is 1.57. The van der Waals surface area contributed by atoms with Gasteiger partial charge >= 0.3 is 0 Å². The molecule has 1 amide bonds. The number of hydrogen-bond donors (Lipinski definition) is 1. The van der Waals surface area contributed by atoms with Crippen LogP contribution in [0.4, 0.5) is 0 Å². The Balaban J connectivity index is 2.10. The fourth-order valence-corrected chi connectivity index (χ4v) is 2.62. The number of nitrogens with one attached hydrogen (secondary N) is 1. The zero-order valence-corrected chi connectivity index (χ0v) is 9.46. The van der Waals surface area contributed by atoms with Gasteiger partial charge in [-0.2, -0.15) is 0 Å². The quantitative estimate of drug-likeness (QED) is 0.724. The summed E-state index contributed by atoms with van der Waals surface area (Å²) in [5.41, 5.74) is 0.239. The van der Waals surface area contributed by atoms with Gasteiger partial charge in [0.1, 0.15) is 0 Å². The van der Waals surface area contributed by atoms with E-state index in [0.717, 1.165) is 0 Å². The summed E-state index contributed by atoms with van der Waals surface area (Å²) >= 11 is 0. The van der Waals surface area contributed by atoms with Gasteiger partial charge in [0.15, 0.2) is 0 Å². The maximum absolute atomic E-state index is 11.9. The molecule has 0 aromatic carbocycles. The van der Waals surface area contributed by atoms with Crippen molar-refractivity contribution < 1.29 is 9.00 Å². The first-order chi connectivity index (χ1) is 7.66. The third kappa shape index (κ3) is 2.38. The van der Waals surface area contributed by atoms with E-state index in [4.69, 9.17) is 0 Å². The van der Waals surface area contributed by atoms with Crippen molar-refractivity contribution in [2.75, 3.05) is 24.6 Å². The average Bonchev–Trinajstić information content (AvgIpc) is 2.30. The number of amides is 1. The molecule has 1 aromatic rings. The van der Waals surface area contributed by atoms with Crippen LogP contribution < -0.4 is 5.56 Å². The molecule has 0 aliphatic carbocycles. The lowest BCUT2D eigenvalue weighted by molar-refractivity contribution is 0.0771. The maximum Gasteiger partial charge on any atom is 0.255 e. The van der Waals surface area contributed by atoms with E-state index in [0.29, 0.717) is 30.2 Å². The number of aromatic amines is 1. The fraction of sp³-hybridized carbons (Fsp3) is 0.400. The second-order valence-corrected chi connectivity index (χ2v) is 5.28. The summed E-state index contributed by atoms with van der Waals surface area (Å²) in [5.74, 6) is 0.956. The largest absolute Gasteiger partial charge is 0.337 e. The Kier molecular flexibility index (Phi) is 3.19.